The van der Waals surface area contributed by atoms with Gasteiger partial charge in [0.05, 0.1) is 5.92 Å². The number of carboxylic acids is 1. The third-order valence-corrected chi connectivity index (χ3v) is 3.66. The molecule has 0 amide bonds. The highest BCUT2D eigenvalue weighted by molar-refractivity contribution is 5.69. The molecule has 3 heteroatoms. The van der Waals surface area contributed by atoms with E-state index in [0.29, 0.717) is 18.1 Å². The van der Waals surface area contributed by atoms with Gasteiger partial charge in [0.2, 0.25) is 0 Å². The molecule has 25 heavy (non-hydrogen) atoms. The normalized spacial score (nSPS) is 11.1. The van der Waals surface area contributed by atoms with Crippen LogP contribution in [0.5, 0.6) is 5.75 Å². The lowest BCUT2D eigenvalue weighted by atomic mass is 10.0. The van der Waals surface area contributed by atoms with Gasteiger partial charge in [-0.25, -0.2) is 0 Å². The summed E-state index contributed by atoms with van der Waals surface area (Å²) in [7, 11) is 0. The van der Waals surface area contributed by atoms with Crippen LogP contribution in [0.3, 0.4) is 0 Å². The predicted octanol–water partition coefficient (Wildman–Crippen LogP) is 5.49. The lowest BCUT2D eigenvalue weighted by Crippen LogP contribution is -2.12. The number of hydrogen-bond acceptors (Lipinski definition) is 2. The average molecular weight is 344 g/mol. The Morgan fingerprint density at radius 1 is 0.880 bits per heavy atom. The van der Waals surface area contributed by atoms with Crippen LogP contribution in [0.2, 0.25) is 0 Å². The fourth-order valence-corrected chi connectivity index (χ4v) is 2.27. The molecule has 0 saturated carbocycles. The molecule has 0 aliphatic carbocycles. The van der Waals surface area contributed by atoms with E-state index in [2.05, 4.69) is 13.8 Å². The lowest BCUT2D eigenvalue weighted by molar-refractivity contribution is -0.141. The lowest BCUT2D eigenvalue weighted by Gasteiger charge is -2.05. The van der Waals surface area contributed by atoms with E-state index < -0.39 is 5.97 Å². The quantitative estimate of drug-likeness (QED) is 0.754. The first-order valence-electron chi connectivity index (χ1n) is 8.34. The molecule has 1 unspecified atom stereocenters. The standard InChI is InChI=1S/C11H14O2.C10H14O.CH4/c1-8-3-5-10(6-4-8)7-9(2)11(12)13;1-8(2)7-9-3-5-10(11)6-4-9;/h3-6,9H,7H2,1-2H3,(H,12,13);3-6,8,11H,7H2,1-2H3;1H4. The molecular formula is C22H32O3. The SMILES string of the molecule is C.CC(C)Cc1ccc(O)cc1.Cc1ccc(CC(C)C(=O)O)cc1. The van der Waals surface area contributed by atoms with E-state index in [4.69, 9.17) is 10.2 Å². The van der Waals surface area contributed by atoms with Crippen LogP contribution in [0.25, 0.3) is 0 Å². The number of aromatic hydroxyl groups is 1. The van der Waals surface area contributed by atoms with Crippen LogP contribution in [0, 0.1) is 18.8 Å². The van der Waals surface area contributed by atoms with Gasteiger partial charge < -0.3 is 10.2 Å². The van der Waals surface area contributed by atoms with Gasteiger partial charge in [-0.2, -0.15) is 0 Å². The Morgan fingerprint density at radius 3 is 1.76 bits per heavy atom. The van der Waals surface area contributed by atoms with Crippen LogP contribution in [0.4, 0.5) is 0 Å². The van der Waals surface area contributed by atoms with Crippen LogP contribution in [-0.2, 0) is 17.6 Å². The van der Waals surface area contributed by atoms with Crippen LogP contribution in [-0.4, -0.2) is 16.2 Å². The van der Waals surface area contributed by atoms with Crippen molar-refractivity contribution in [1.82, 2.24) is 0 Å². The number of carbonyl (C=O) groups is 1. The van der Waals surface area contributed by atoms with E-state index in [1.54, 1.807) is 19.1 Å². The Balaban J connectivity index is 0.000000449. The number of phenolic OH excluding ortho intramolecular Hbond substituents is 1. The van der Waals surface area contributed by atoms with Crippen molar-refractivity contribution in [2.45, 2.75) is 48.0 Å². The monoisotopic (exact) mass is 344 g/mol. The molecular weight excluding hydrogens is 312 g/mol. The van der Waals surface area contributed by atoms with E-state index in [1.165, 1.54) is 11.1 Å². The first-order chi connectivity index (χ1) is 11.3. The Kier molecular flexibility index (Phi) is 10.3. The molecule has 0 aliphatic heterocycles. The van der Waals surface area contributed by atoms with Crippen molar-refractivity contribution in [3.05, 3.63) is 65.2 Å². The van der Waals surface area contributed by atoms with Gasteiger partial charge in [0.25, 0.3) is 0 Å². The summed E-state index contributed by atoms with van der Waals surface area (Å²) in [4.78, 5) is 10.6. The minimum atomic E-state index is -0.736. The molecule has 138 valence electrons. The molecule has 2 aromatic carbocycles. The molecule has 0 heterocycles. The third-order valence-electron chi connectivity index (χ3n) is 3.66. The number of aryl methyl sites for hydroxylation is 1. The predicted molar refractivity (Wildman–Crippen MR) is 105 cm³/mol. The molecule has 1 atom stereocenters. The fourth-order valence-electron chi connectivity index (χ4n) is 2.27. The van der Waals surface area contributed by atoms with Crippen LogP contribution in [0.15, 0.2) is 48.5 Å². The number of benzene rings is 2. The highest BCUT2D eigenvalue weighted by Crippen LogP contribution is 2.13. The molecule has 2 N–H and O–H groups in total. The summed E-state index contributed by atoms with van der Waals surface area (Å²) >= 11 is 0. The van der Waals surface area contributed by atoms with E-state index in [-0.39, 0.29) is 13.3 Å². The number of aliphatic carboxylic acids is 1. The van der Waals surface area contributed by atoms with Crippen LogP contribution < -0.4 is 0 Å². The molecule has 0 aliphatic rings. The summed E-state index contributed by atoms with van der Waals surface area (Å²) in [5, 5.41) is 17.7. The summed E-state index contributed by atoms with van der Waals surface area (Å²) in [6, 6.07) is 15.4. The van der Waals surface area contributed by atoms with Crippen molar-refractivity contribution in [3.63, 3.8) is 0 Å². The summed E-state index contributed by atoms with van der Waals surface area (Å²) in [5.74, 6) is -0.0136. The second-order valence-electron chi connectivity index (χ2n) is 6.69. The topological polar surface area (TPSA) is 57.5 Å². The second-order valence-corrected chi connectivity index (χ2v) is 6.69. The Hall–Kier alpha value is -2.29. The Morgan fingerprint density at radius 2 is 1.32 bits per heavy atom. The minimum absolute atomic E-state index is 0. The van der Waals surface area contributed by atoms with Gasteiger partial charge in [-0.1, -0.05) is 70.2 Å². The second kappa shape index (κ2) is 11.3. The first-order valence-corrected chi connectivity index (χ1v) is 8.34. The molecule has 0 radical (unpaired) electrons. The number of phenols is 1. The summed E-state index contributed by atoms with van der Waals surface area (Å²) in [6.07, 6.45) is 1.69. The largest absolute Gasteiger partial charge is 0.508 e. The first kappa shape index (κ1) is 22.7. The number of carboxylic acid groups (broad SMARTS) is 1. The highest BCUT2D eigenvalue weighted by atomic mass is 16.4. The maximum Gasteiger partial charge on any atom is 0.306 e. The van der Waals surface area contributed by atoms with Crippen molar-refractivity contribution >= 4 is 5.97 Å². The van der Waals surface area contributed by atoms with E-state index >= 15 is 0 Å². The molecule has 0 aromatic heterocycles. The van der Waals surface area contributed by atoms with Crippen molar-refractivity contribution in [3.8, 4) is 5.75 Å². The van der Waals surface area contributed by atoms with E-state index in [0.717, 1.165) is 12.0 Å². The van der Waals surface area contributed by atoms with Gasteiger partial charge in [0.1, 0.15) is 5.75 Å². The molecule has 0 bridgehead atoms. The molecule has 2 aromatic rings. The molecule has 3 nitrogen and oxygen atoms in total. The summed E-state index contributed by atoms with van der Waals surface area (Å²) in [6.45, 7) is 8.12. The van der Waals surface area contributed by atoms with Crippen molar-refractivity contribution in [2.75, 3.05) is 0 Å². The molecule has 0 saturated heterocycles. The van der Waals surface area contributed by atoms with Crippen molar-refractivity contribution in [2.24, 2.45) is 11.8 Å². The molecule has 0 fully saturated rings. The summed E-state index contributed by atoms with van der Waals surface area (Å²) in [5.41, 5.74) is 3.57. The van der Waals surface area contributed by atoms with Crippen molar-refractivity contribution < 1.29 is 15.0 Å². The van der Waals surface area contributed by atoms with Gasteiger partial charge in [-0.3, -0.25) is 4.79 Å². The van der Waals surface area contributed by atoms with Crippen molar-refractivity contribution in [1.29, 1.82) is 0 Å². The minimum Gasteiger partial charge on any atom is -0.508 e. The number of rotatable bonds is 5. The smallest absolute Gasteiger partial charge is 0.306 e. The van der Waals surface area contributed by atoms with Gasteiger partial charge in [-0.05, 0) is 48.9 Å². The molecule has 0 spiro atoms. The maximum absolute atomic E-state index is 10.6. The average Bonchev–Trinajstić information content (AvgIpc) is 2.52. The zero-order valence-electron chi connectivity index (χ0n) is 15.0. The van der Waals surface area contributed by atoms with Crippen LogP contribution >= 0.6 is 0 Å². The fraction of sp³-hybridized carbons (Fsp3) is 0.409. The summed E-state index contributed by atoms with van der Waals surface area (Å²) < 4.78 is 0. The van der Waals surface area contributed by atoms with Gasteiger partial charge in [0, 0.05) is 0 Å². The highest BCUT2D eigenvalue weighted by Gasteiger charge is 2.10. The number of hydrogen-bond donors (Lipinski definition) is 2. The molecule has 2 rings (SSSR count). The third kappa shape index (κ3) is 9.55. The Bertz CT molecular complexity index is 613. The van der Waals surface area contributed by atoms with Gasteiger partial charge >= 0.3 is 5.97 Å². The van der Waals surface area contributed by atoms with Gasteiger partial charge in [0.15, 0.2) is 0 Å². The van der Waals surface area contributed by atoms with Gasteiger partial charge in [-0.15, -0.1) is 0 Å². The maximum atomic E-state index is 10.6. The van der Waals surface area contributed by atoms with Crippen LogP contribution in [0.1, 0.15) is 44.9 Å². The Labute approximate surface area is 152 Å². The van der Waals surface area contributed by atoms with E-state index in [1.807, 2.05) is 43.3 Å². The van der Waals surface area contributed by atoms with E-state index in [9.17, 15) is 4.79 Å². The zero-order chi connectivity index (χ0) is 18.1. The zero-order valence-corrected chi connectivity index (χ0v) is 15.0.